The van der Waals surface area contributed by atoms with Crippen molar-refractivity contribution in [2.24, 2.45) is 5.73 Å². The SMILES string of the molecule is NC(=O)c1ncccc1CN(C(=O)c1ccccc1Cl)[C@@H]1CCc2ccc(Cl)cc21. The van der Waals surface area contributed by atoms with Gasteiger partial charge >= 0.3 is 0 Å². The fourth-order valence-corrected chi connectivity index (χ4v) is 4.36. The molecule has 1 aliphatic carbocycles. The van der Waals surface area contributed by atoms with E-state index in [2.05, 4.69) is 4.98 Å². The number of halogens is 2. The van der Waals surface area contributed by atoms with Crippen LogP contribution in [-0.4, -0.2) is 21.7 Å². The van der Waals surface area contributed by atoms with Gasteiger partial charge in [-0.15, -0.1) is 0 Å². The van der Waals surface area contributed by atoms with E-state index in [-0.39, 0.29) is 24.2 Å². The van der Waals surface area contributed by atoms with E-state index in [0.717, 1.165) is 24.0 Å². The van der Waals surface area contributed by atoms with Crippen LogP contribution in [0.4, 0.5) is 0 Å². The molecule has 1 aromatic heterocycles. The van der Waals surface area contributed by atoms with E-state index in [0.29, 0.717) is 21.2 Å². The summed E-state index contributed by atoms with van der Waals surface area (Å²) in [6.07, 6.45) is 3.09. The number of nitrogens with two attached hydrogens (primary N) is 1. The minimum Gasteiger partial charge on any atom is -0.364 e. The fraction of sp³-hybridized carbons (Fsp3) is 0.174. The molecule has 30 heavy (non-hydrogen) atoms. The van der Waals surface area contributed by atoms with E-state index < -0.39 is 5.91 Å². The molecule has 2 aromatic carbocycles. The molecule has 0 spiro atoms. The average Bonchev–Trinajstić information content (AvgIpc) is 3.15. The molecule has 0 saturated carbocycles. The number of primary amides is 1. The minimum atomic E-state index is -0.634. The third-order valence-corrected chi connectivity index (χ3v) is 5.93. The van der Waals surface area contributed by atoms with Crippen LogP contribution in [0.15, 0.2) is 60.8 Å². The standard InChI is InChI=1S/C23H19Cl2N3O2/c24-16-9-7-14-8-10-20(18(14)12-16)28(23(30)17-5-1-2-6-19(17)25)13-15-4-3-11-27-21(15)22(26)29/h1-7,9,11-12,20H,8,10,13H2,(H2,26,29)/t20-/m1/s1. The molecule has 4 rings (SSSR count). The Morgan fingerprint density at radius 1 is 1.10 bits per heavy atom. The largest absolute Gasteiger partial charge is 0.364 e. The molecule has 0 aliphatic heterocycles. The Morgan fingerprint density at radius 3 is 2.67 bits per heavy atom. The lowest BCUT2D eigenvalue weighted by atomic mass is 10.0. The highest BCUT2D eigenvalue weighted by molar-refractivity contribution is 6.33. The fourth-order valence-electron chi connectivity index (χ4n) is 3.96. The number of hydrogen-bond acceptors (Lipinski definition) is 3. The molecule has 7 heteroatoms. The summed E-state index contributed by atoms with van der Waals surface area (Å²) in [5.74, 6) is -0.858. The van der Waals surface area contributed by atoms with E-state index in [4.69, 9.17) is 28.9 Å². The average molecular weight is 440 g/mol. The van der Waals surface area contributed by atoms with E-state index in [1.54, 1.807) is 41.3 Å². The van der Waals surface area contributed by atoms with Crippen LogP contribution in [0.5, 0.6) is 0 Å². The van der Waals surface area contributed by atoms with Crippen LogP contribution in [0.25, 0.3) is 0 Å². The van der Waals surface area contributed by atoms with Gasteiger partial charge in [-0.05, 0) is 54.3 Å². The van der Waals surface area contributed by atoms with Crippen LogP contribution in [0, 0.1) is 0 Å². The second-order valence-electron chi connectivity index (χ2n) is 7.19. The lowest BCUT2D eigenvalue weighted by molar-refractivity contribution is 0.0656. The lowest BCUT2D eigenvalue weighted by Crippen LogP contribution is -2.34. The number of amides is 2. The van der Waals surface area contributed by atoms with Crippen molar-refractivity contribution in [2.75, 3.05) is 0 Å². The molecule has 1 atom stereocenters. The van der Waals surface area contributed by atoms with Crippen LogP contribution in [0.2, 0.25) is 10.0 Å². The van der Waals surface area contributed by atoms with Gasteiger partial charge in [0.1, 0.15) is 5.69 Å². The van der Waals surface area contributed by atoms with E-state index in [1.165, 1.54) is 6.20 Å². The van der Waals surface area contributed by atoms with Crippen LogP contribution in [-0.2, 0) is 13.0 Å². The van der Waals surface area contributed by atoms with Crippen molar-refractivity contribution in [1.29, 1.82) is 0 Å². The maximum atomic E-state index is 13.6. The quantitative estimate of drug-likeness (QED) is 0.618. The highest BCUT2D eigenvalue weighted by Crippen LogP contribution is 2.39. The van der Waals surface area contributed by atoms with Gasteiger partial charge in [0.25, 0.3) is 11.8 Å². The first-order chi connectivity index (χ1) is 14.5. The summed E-state index contributed by atoms with van der Waals surface area (Å²) >= 11 is 12.6. The topological polar surface area (TPSA) is 76.3 Å². The Balaban J connectivity index is 1.79. The molecular formula is C23H19Cl2N3O2. The molecule has 2 amide bonds. The van der Waals surface area contributed by atoms with Gasteiger partial charge in [-0.3, -0.25) is 14.6 Å². The number of benzene rings is 2. The number of aromatic nitrogens is 1. The predicted molar refractivity (Wildman–Crippen MR) is 117 cm³/mol. The first-order valence-electron chi connectivity index (χ1n) is 9.53. The van der Waals surface area contributed by atoms with Crippen molar-refractivity contribution in [1.82, 2.24) is 9.88 Å². The monoisotopic (exact) mass is 439 g/mol. The number of nitrogens with zero attached hydrogens (tertiary/aromatic N) is 2. The molecule has 5 nitrogen and oxygen atoms in total. The van der Waals surface area contributed by atoms with Crippen molar-refractivity contribution in [3.63, 3.8) is 0 Å². The normalized spacial score (nSPS) is 14.9. The summed E-state index contributed by atoms with van der Waals surface area (Å²) < 4.78 is 0. The van der Waals surface area contributed by atoms with E-state index >= 15 is 0 Å². The summed E-state index contributed by atoms with van der Waals surface area (Å²) in [6, 6.07) is 16.0. The maximum absolute atomic E-state index is 13.6. The van der Waals surface area contributed by atoms with Gasteiger partial charge in [-0.1, -0.05) is 47.5 Å². The number of carbonyl (C=O) groups excluding carboxylic acids is 2. The molecule has 3 aromatic rings. The summed E-state index contributed by atoms with van der Waals surface area (Å²) in [5, 5.41) is 0.989. The van der Waals surface area contributed by atoms with Crippen molar-refractivity contribution in [2.45, 2.75) is 25.4 Å². The van der Waals surface area contributed by atoms with Crippen molar-refractivity contribution < 1.29 is 9.59 Å². The first-order valence-corrected chi connectivity index (χ1v) is 10.3. The molecule has 0 saturated heterocycles. The zero-order valence-corrected chi connectivity index (χ0v) is 17.5. The highest BCUT2D eigenvalue weighted by atomic mass is 35.5. The highest BCUT2D eigenvalue weighted by Gasteiger charge is 2.33. The summed E-state index contributed by atoms with van der Waals surface area (Å²) in [7, 11) is 0. The molecule has 1 heterocycles. The molecule has 0 radical (unpaired) electrons. The predicted octanol–water partition coefficient (Wildman–Crippen LogP) is 4.82. The minimum absolute atomic E-state index is 0.152. The zero-order valence-electron chi connectivity index (χ0n) is 16.0. The van der Waals surface area contributed by atoms with Gasteiger partial charge in [-0.2, -0.15) is 0 Å². The molecule has 2 N–H and O–H groups in total. The Kier molecular flexibility index (Phi) is 5.75. The van der Waals surface area contributed by atoms with Gasteiger partial charge in [0.15, 0.2) is 0 Å². The van der Waals surface area contributed by atoms with Crippen molar-refractivity contribution in [3.05, 3.63) is 98.8 Å². The Labute approximate surface area is 184 Å². The molecule has 152 valence electrons. The van der Waals surface area contributed by atoms with Gasteiger partial charge < -0.3 is 10.6 Å². The molecule has 0 fully saturated rings. The van der Waals surface area contributed by atoms with Crippen molar-refractivity contribution in [3.8, 4) is 0 Å². The first kappa shape index (κ1) is 20.4. The van der Waals surface area contributed by atoms with E-state index in [1.807, 2.05) is 18.2 Å². The van der Waals surface area contributed by atoms with Gasteiger partial charge in [-0.25, -0.2) is 0 Å². The second-order valence-corrected chi connectivity index (χ2v) is 8.03. The second kappa shape index (κ2) is 8.46. The molecule has 1 aliphatic rings. The van der Waals surface area contributed by atoms with Crippen molar-refractivity contribution >= 4 is 35.0 Å². The Bertz CT molecular complexity index is 1130. The summed E-state index contributed by atoms with van der Waals surface area (Å²) in [5.41, 5.74) is 8.81. The van der Waals surface area contributed by atoms with Gasteiger partial charge in [0.2, 0.25) is 0 Å². The van der Waals surface area contributed by atoms with Crippen LogP contribution in [0.3, 0.4) is 0 Å². The number of rotatable bonds is 5. The number of hydrogen-bond donors (Lipinski definition) is 1. The number of pyridine rings is 1. The number of aryl methyl sites for hydroxylation is 1. The lowest BCUT2D eigenvalue weighted by Gasteiger charge is -2.31. The zero-order chi connectivity index (χ0) is 21.3. The maximum Gasteiger partial charge on any atom is 0.267 e. The molecule has 0 unspecified atom stereocenters. The third-order valence-electron chi connectivity index (χ3n) is 5.36. The summed E-state index contributed by atoms with van der Waals surface area (Å²) in [4.78, 5) is 31.3. The van der Waals surface area contributed by atoms with Gasteiger partial charge in [0.05, 0.1) is 16.6 Å². The van der Waals surface area contributed by atoms with Crippen LogP contribution < -0.4 is 5.73 Å². The Hall–Kier alpha value is -2.89. The van der Waals surface area contributed by atoms with E-state index in [9.17, 15) is 9.59 Å². The number of fused-ring (bicyclic) bond motifs is 1. The molecular weight excluding hydrogens is 421 g/mol. The van der Waals surface area contributed by atoms with Gasteiger partial charge in [0, 0.05) is 23.3 Å². The number of carbonyl (C=O) groups is 2. The van der Waals surface area contributed by atoms with Crippen LogP contribution in [0.1, 0.15) is 50.0 Å². The third kappa shape index (κ3) is 3.91. The van der Waals surface area contributed by atoms with Crippen LogP contribution >= 0.6 is 23.2 Å². The molecule has 0 bridgehead atoms. The Morgan fingerprint density at radius 2 is 1.90 bits per heavy atom. The smallest absolute Gasteiger partial charge is 0.267 e. The summed E-state index contributed by atoms with van der Waals surface area (Å²) in [6.45, 7) is 0.173.